The minimum atomic E-state index is -0.483. The number of hydrogen-bond donors (Lipinski definition) is 5. The monoisotopic (exact) mass is 478 g/mol. The van der Waals surface area contributed by atoms with Gasteiger partial charge in [-0.05, 0) is 57.4 Å². The van der Waals surface area contributed by atoms with E-state index < -0.39 is 5.69 Å². The maximum atomic E-state index is 12.4. The van der Waals surface area contributed by atoms with E-state index in [2.05, 4.69) is 25.7 Å². The fourth-order valence-corrected chi connectivity index (χ4v) is 4.64. The van der Waals surface area contributed by atoms with Crippen molar-refractivity contribution in [2.75, 3.05) is 5.32 Å². The predicted octanol–water partition coefficient (Wildman–Crippen LogP) is 0.702. The van der Waals surface area contributed by atoms with Crippen molar-refractivity contribution < 1.29 is 9.90 Å². The molecule has 1 amide bonds. The van der Waals surface area contributed by atoms with Crippen molar-refractivity contribution >= 4 is 23.4 Å². The van der Waals surface area contributed by atoms with Crippen molar-refractivity contribution in [1.29, 1.82) is 0 Å². The van der Waals surface area contributed by atoms with Gasteiger partial charge in [0.2, 0.25) is 11.8 Å². The highest BCUT2D eigenvalue weighted by Gasteiger charge is 2.45. The molecule has 3 aliphatic rings. The minimum absolute atomic E-state index is 0.139. The molecule has 11 nitrogen and oxygen atoms in total. The quantitative estimate of drug-likeness (QED) is 0.352. The average molecular weight is 479 g/mol. The van der Waals surface area contributed by atoms with Gasteiger partial charge in [-0.2, -0.15) is 9.61 Å². The van der Waals surface area contributed by atoms with Crippen LogP contribution in [0.5, 0.6) is 5.88 Å². The molecule has 0 aliphatic heterocycles. The van der Waals surface area contributed by atoms with E-state index in [0.717, 1.165) is 62.7 Å². The fourth-order valence-electron chi connectivity index (χ4n) is 4.64. The Balaban J connectivity index is 1.24. The van der Waals surface area contributed by atoms with E-state index in [1.54, 1.807) is 16.8 Å². The highest BCUT2D eigenvalue weighted by atomic mass is 16.3. The number of carbonyl (C=O) groups excluding carboxylic acids is 1. The third-order valence-electron chi connectivity index (χ3n) is 7.34. The van der Waals surface area contributed by atoms with E-state index in [9.17, 15) is 14.7 Å². The summed E-state index contributed by atoms with van der Waals surface area (Å²) >= 11 is 0. The van der Waals surface area contributed by atoms with Gasteiger partial charge in [0.05, 0.1) is 12.2 Å². The molecule has 184 valence electrons. The molecular weight excluding hydrogens is 448 g/mol. The Morgan fingerprint density at radius 1 is 1.20 bits per heavy atom. The molecule has 3 aromatic rings. The number of aromatic amines is 2. The van der Waals surface area contributed by atoms with Gasteiger partial charge in [-0.25, -0.2) is 9.78 Å². The maximum absolute atomic E-state index is 12.4. The number of imidazole rings is 1. The molecule has 3 saturated carbocycles. The van der Waals surface area contributed by atoms with Gasteiger partial charge in [0.25, 0.3) is 0 Å². The van der Waals surface area contributed by atoms with Gasteiger partial charge in [0.15, 0.2) is 11.1 Å². The molecule has 11 heteroatoms. The molecule has 0 bridgehead atoms. The lowest BCUT2D eigenvalue weighted by molar-refractivity contribution is -0.126. The standard InChI is InChI=1S/C24H30N8O3/c1-24(8-9-24)22(34)28-16-6-2-14(3-7-16)26-18-11-19(27-15-4-5-15)32-20(30-18)13(12-25-32)10-17-21(33)31-23(35)29-17/h10-12,14-16,26,33H,2-9H2,1H3,(H,28,34)(H2,29,31,35)/b13-10+,27-19?. The first kappa shape index (κ1) is 21.9. The third kappa shape index (κ3) is 4.54. The van der Waals surface area contributed by atoms with Gasteiger partial charge in [-0.3, -0.25) is 14.8 Å². The number of H-pyrrole nitrogens is 2. The van der Waals surface area contributed by atoms with E-state index in [0.29, 0.717) is 16.9 Å². The summed E-state index contributed by atoms with van der Waals surface area (Å²) in [7, 11) is 0. The molecule has 0 radical (unpaired) electrons. The number of aromatic nitrogens is 5. The van der Waals surface area contributed by atoms with Gasteiger partial charge in [0, 0.05) is 28.8 Å². The van der Waals surface area contributed by atoms with Crippen LogP contribution in [0.2, 0.25) is 0 Å². The van der Waals surface area contributed by atoms with E-state index >= 15 is 0 Å². The molecule has 3 aliphatic carbocycles. The highest BCUT2D eigenvalue weighted by molar-refractivity contribution is 5.85. The Morgan fingerprint density at radius 3 is 2.60 bits per heavy atom. The Hall–Kier alpha value is -3.63. The number of carbonyl (C=O) groups is 1. The normalized spacial score (nSPS) is 24.6. The lowest BCUT2D eigenvalue weighted by Crippen LogP contribution is -2.42. The lowest BCUT2D eigenvalue weighted by Gasteiger charge is -2.30. The molecule has 0 unspecified atom stereocenters. The summed E-state index contributed by atoms with van der Waals surface area (Å²) in [5, 5.41) is 21.9. The number of nitrogens with zero attached hydrogens (tertiary/aromatic N) is 4. The summed E-state index contributed by atoms with van der Waals surface area (Å²) in [6, 6.07) is 2.73. The number of hydrogen-bond acceptors (Lipinski definition) is 7. The summed E-state index contributed by atoms with van der Waals surface area (Å²) in [5.41, 5.74) is 0.966. The van der Waals surface area contributed by atoms with Crippen molar-refractivity contribution in [3.8, 4) is 5.88 Å². The zero-order chi connectivity index (χ0) is 24.2. The smallest absolute Gasteiger partial charge is 0.326 e. The van der Waals surface area contributed by atoms with Crippen LogP contribution in [0.1, 0.15) is 64.0 Å². The Labute approximate surface area is 200 Å². The molecule has 35 heavy (non-hydrogen) atoms. The number of amides is 1. The molecule has 3 fully saturated rings. The first-order valence-electron chi connectivity index (χ1n) is 12.4. The van der Waals surface area contributed by atoms with Crippen molar-refractivity contribution in [3.05, 3.63) is 39.1 Å². The van der Waals surface area contributed by atoms with Crippen LogP contribution in [0.4, 0.5) is 5.82 Å². The fraction of sp³-hybridized carbons (Fsp3) is 0.542. The molecular formula is C24H30N8O3. The maximum Gasteiger partial charge on any atom is 0.326 e. The van der Waals surface area contributed by atoms with E-state index in [1.807, 2.05) is 13.0 Å². The Bertz CT molecular complexity index is 1450. The van der Waals surface area contributed by atoms with E-state index in [1.165, 1.54) is 0 Å². The Morgan fingerprint density at radius 2 is 1.94 bits per heavy atom. The van der Waals surface area contributed by atoms with Gasteiger partial charge in [-0.1, -0.05) is 6.92 Å². The van der Waals surface area contributed by atoms with Crippen LogP contribution >= 0.6 is 0 Å². The second kappa shape index (κ2) is 8.24. The molecule has 0 aromatic carbocycles. The largest absolute Gasteiger partial charge is 0.493 e. The second-order valence-electron chi connectivity index (χ2n) is 10.4. The minimum Gasteiger partial charge on any atom is -0.493 e. The highest BCUT2D eigenvalue weighted by Crippen LogP contribution is 2.45. The van der Waals surface area contributed by atoms with Gasteiger partial charge >= 0.3 is 5.69 Å². The van der Waals surface area contributed by atoms with Gasteiger partial charge in [-0.15, -0.1) is 0 Å². The first-order chi connectivity index (χ1) is 16.9. The van der Waals surface area contributed by atoms with Crippen LogP contribution in [0.15, 0.2) is 22.1 Å². The topological polar surface area (TPSA) is 153 Å². The van der Waals surface area contributed by atoms with Gasteiger partial charge < -0.3 is 20.7 Å². The van der Waals surface area contributed by atoms with Crippen LogP contribution in [0, 0.1) is 5.41 Å². The van der Waals surface area contributed by atoms with Crippen LogP contribution in [-0.2, 0) is 4.79 Å². The summed E-state index contributed by atoms with van der Waals surface area (Å²) in [5.74, 6) is 0.689. The SMILES string of the molecule is CC1(C(=O)NC2CCC(Nc3cc(=NC4CC4)n4nc/c(=C\c5[nH]c(=O)[nH]c5O)c4n3)CC2)CC1. The molecule has 6 rings (SSSR count). The van der Waals surface area contributed by atoms with Crippen molar-refractivity contribution in [2.24, 2.45) is 10.4 Å². The molecule has 0 atom stereocenters. The van der Waals surface area contributed by atoms with E-state index in [4.69, 9.17) is 9.98 Å². The molecule has 0 saturated heterocycles. The van der Waals surface area contributed by atoms with Crippen LogP contribution in [-0.4, -0.2) is 53.7 Å². The number of aromatic hydroxyl groups is 1. The van der Waals surface area contributed by atoms with Crippen LogP contribution in [0.25, 0.3) is 11.7 Å². The number of nitrogens with one attached hydrogen (secondary N) is 4. The molecule has 3 aromatic heterocycles. The summed E-state index contributed by atoms with van der Waals surface area (Å²) in [6.45, 7) is 2.04. The zero-order valence-electron chi connectivity index (χ0n) is 19.7. The average Bonchev–Trinajstić information content (AvgIpc) is 3.73. The molecule has 0 spiro atoms. The van der Waals surface area contributed by atoms with Crippen LogP contribution in [0.3, 0.4) is 0 Å². The summed E-state index contributed by atoms with van der Waals surface area (Å²) < 4.78 is 1.70. The zero-order valence-corrected chi connectivity index (χ0v) is 19.7. The summed E-state index contributed by atoms with van der Waals surface area (Å²) in [4.78, 5) is 38.4. The van der Waals surface area contributed by atoms with Crippen molar-refractivity contribution in [2.45, 2.75) is 76.4 Å². The Kier molecular flexibility index (Phi) is 5.15. The summed E-state index contributed by atoms with van der Waals surface area (Å²) in [6.07, 6.45) is 11.2. The molecule has 5 N–H and O–H groups in total. The second-order valence-corrected chi connectivity index (χ2v) is 10.4. The number of anilines is 1. The third-order valence-corrected chi connectivity index (χ3v) is 7.34. The first-order valence-corrected chi connectivity index (χ1v) is 12.4. The van der Waals surface area contributed by atoms with Gasteiger partial charge in [0.1, 0.15) is 11.5 Å². The lowest BCUT2D eigenvalue weighted by atomic mass is 9.90. The molecule has 3 heterocycles. The number of fused-ring (bicyclic) bond motifs is 1. The number of rotatable bonds is 6. The van der Waals surface area contributed by atoms with Crippen LogP contribution < -0.4 is 27.0 Å². The van der Waals surface area contributed by atoms with E-state index in [-0.39, 0.29) is 35.0 Å². The van der Waals surface area contributed by atoms with Crippen molar-refractivity contribution in [1.82, 2.24) is 29.9 Å². The van der Waals surface area contributed by atoms with Crippen molar-refractivity contribution in [3.63, 3.8) is 0 Å². The predicted molar refractivity (Wildman–Crippen MR) is 129 cm³/mol.